The zero-order chi connectivity index (χ0) is 14.0. The Morgan fingerprint density at radius 1 is 1.11 bits per heavy atom. The molecule has 4 nitrogen and oxygen atoms in total. The third-order valence-electron chi connectivity index (χ3n) is 2.73. The van der Waals surface area contributed by atoms with Gasteiger partial charge in [-0.15, -0.1) is 0 Å². The molecule has 0 fully saturated rings. The van der Waals surface area contributed by atoms with Gasteiger partial charge >= 0.3 is 0 Å². The molecule has 0 aliphatic heterocycles. The minimum absolute atomic E-state index is 0.184. The Hall–Kier alpha value is -1.53. The van der Waals surface area contributed by atoms with Gasteiger partial charge in [-0.2, -0.15) is 0 Å². The number of sulfonamides is 1. The van der Waals surface area contributed by atoms with Crippen molar-refractivity contribution in [2.75, 3.05) is 10.5 Å². The van der Waals surface area contributed by atoms with Crippen LogP contribution in [0.3, 0.4) is 0 Å². The second-order valence-electron chi connectivity index (χ2n) is 4.06. The average molecular weight is 341 g/mol. The Morgan fingerprint density at radius 3 is 2.47 bits per heavy atom. The highest BCUT2D eigenvalue weighted by Crippen LogP contribution is 2.27. The van der Waals surface area contributed by atoms with Gasteiger partial charge in [0.05, 0.1) is 10.6 Å². The summed E-state index contributed by atoms with van der Waals surface area (Å²) in [4.78, 5) is 0.184. The molecule has 3 N–H and O–H groups in total. The van der Waals surface area contributed by atoms with E-state index in [1.807, 2.05) is 6.07 Å². The summed E-state index contributed by atoms with van der Waals surface area (Å²) in [6.07, 6.45) is 0. The van der Waals surface area contributed by atoms with Gasteiger partial charge in [0.25, 0.3) is 10.0 Å². The number of nitrogens with two attached hydrogens (primary N) is 1. The second-order valence-corrected chi connectivity index (χ2v) is 6.56. The largest absolute Gasteiger partial charge is 0.398 e. The number of anilines is 2. The van der Waals surface area contributed by atoms with Gasteiger partial charge in [-0.05, 0) is 52.7 Å². The van der Waals surface area contributed by atoms with E-state index in [2.05, 4.69) is 20.7 Å². The van der Waals surface area contributed by atoms with Gasteiger partial charge in [0.2, 0.25) is 0 Å². The van der Waals surface area contributed by atoms with Crippen molar-refractivity contribution in [1.82, 2.24) is 0 Å². The van der Waals surface area contributed by atoms with Crippen LogP contribution in [0, 0.1) is 6.92 Å². The van der Waals surface area contributed by atoms with Crippen LogP contribution >= 0.6 is 15.9 Å². The summed E-state index contributed by atoms with van der Waals surface area (Å²) in [6, 6.07) is 11.9. The van der Waals surface area contributed by atoms with Gasteiger partial charge in [-0.25, -0.2) is 8.42 Å². The number of nitrogens with one attached hydrogen (secondary N) is 1. The normalized spacial score (nSPS) is 11.3. The molecule has 0 aliphatic carbocycles. The topological polar surface area (TPSA) is 72.2 Å². The molecule has 100 valence electrons. The average Bonchev–Trinajstić information content (AvgIpc) is 2.35. The number of halogens is 1. The Labute approximate surface area is 120 Å². The number of para-hydroxylation sites is 1. The number of hydrogen-bond acceptors (Lipinski definition) is 3. The summed E-state index contributed by atoms with van der Waals surface area (Å²) < 4.78 is 27.9. The highest BCUT2D eigenvalue weighted by atomic mass is 79.9. The predicted octanol–water partition coefficient (Wildman–Crippen LogP) is 3.14. The molecule has 0 radical (unpaired) electrons. The van der Waals surface area contributed by atoms with Crippen molar-refractivity contribution in [1.29, 1.82) is 0 Å². The van der Waals surface area contributed by atoms with Crippen molar-refractivity contribution in [2.24, 2.45) is 0 Å². The van der Waals surface area contributed by atoms with Crippen LogP contribution in [0.2, 0.25) is 0 Å². The van der Waals surface area contributed by atoms with Crippen molar-refractivity contribution in [3.63, 3.8) is 0 Å². The van der Waals surface area contributed by atoms with Crippen LogP contribution in [0.5, 0.6) is 0 Å². The maximum absolute atomic E-state index is 12.3. The molecule has 0 saturated carbocycles. The van der Waals surface area contributed by atoms with Gasteiger partial charge in [-0.3, -0.25) is 4.72 Å². The van der Waals surface area contributed by atoms with Crippen molar-refractivity contribution in [2.45, 2.75) is 11.8 Å². The van der Waals surface area contributed by atoms with E-state index in [4.69, 9.17) is 5.73 Å². The molecule has 6 heteroatoms. The molecule has 2 aromatic carbocycles. The first-order chi connectivity index (χ1) is 8.92. The van der Waals surface area contributed by atoms with Crippen LogP contribution in [0.15, 0.2) is 51.8 Å². The molecule has 0 heterocycles. The van der Waals surface area contributed by atoms with Gasteiger partial charge in [0.15, 0.2) is 0 Å². The van der Waals surface area contributed by atoms with E-state index >= 15 is 0 Å². The van der Waals surface area contributed by atoms with E-state index in [0.717, 1.165) is 0 Å². The standard InChI is InChI=1S/C13H13BrN2O2S/c1-9-11(15)6-4-8-13(9)19(17,18)16-12-7-3-2-5-10(12)14/h2-8,16H,15H2,1H3. The zero-order valence-electron chi connectivity index (χ0n) is 10.2. The molecule has 0 bridgehead atoms. The number of hydrogen-bond donors (Lipinski definition) is 2. The van der Waals surface area contributed by atoms with Gasteiger partial charge in [-0.1, -0.05) is 18.2 Å². The van der Waals surface area contributed by atoms with Crippen LogP contribution in [-0.2, 0) is 10.0 Å². The molecular weight excluding hydrogens is 328 g/mol. The molecule has 0 atom stereocenters. The molecule has 19 heavy (non-hydrogen) atoms. The minimum atomic E-state index is -3.65. The molecule has 2 aromatic rings. The Bertz CT molecular complexity index is 714. The summed E-state index contributed by atoms with van der Waals surface area (Å²) in [6.45, 7) is 1.68. The first-order valence-corrected chi connectivity index (χ1v) is 7.82. The minimum Gasteiger partial charge on any atom is -0.398 e. The fraction of sp³-hybridized carbons (Fsp3) is 0.0769. The molecule has 0 saturated heterocycles. The van der Waals surface area contributed by atoms with Gasteiger partial charge < -0.3 is 5.73 Å². The van der Waals surface area contributed by atoms with Crippen LogP contribution in [0.1, 0.15) is 5.56 Å². The Kier molecular flexibility index (Phi) is 3.82. The smallest absolute Gasteiger partial charge is 0.262 e. The summed E-state index contributed by atoms with van der Waals surface area (Å²) in [5, 5.41) is 0. The van der Waals surface area contributed by atoms with Crippen molar-refractivity contribution >= 4 is 37.3 Å². The highest BCUT2D eigenvalue weighted by Gasteiger charge is 2.18. The van der Waals surface area contributed by atoms with Crippen molar-refractivity contribution < 1.29 is 8.42 Å². The lowest BCUT2D eigenvalue weighted by Gasteiger charge is -2.12. The van der Waals surface area contributed by atoms with Gasteiger partial charge in [0, 0.05) is 10.2 Å². The molecule has 0 aliphatic rings. The molecule has 0 aromatic heterocycles. The first-order valence-electron chi connectivity index (χ1n) is 5.54. The van der Waals surface area contributed by atoms with E-state index < -0.39 is 10.0 Å². The summed E-state index contributed by atoms with van der Waals surface area (Å²) in [7, 11) is -3.65. The van der Waals surface area contributed by atoms with E-state index in [1.54, 1.807) is 37.3 Å². The molecule has 0 unspecified atom stereocenters. The van der Waals surface area contributed by atoms with Crippen LogP contribution < -0.4 is 10.5 Å². The van der Waals surface area contributed by atoms with Crippen LogP contribution in [-0.4, -0.2) is 8.42 Å². The lowest BCUT2D eigenvalue weighted by molar-refractivity contribution is 0.600. The summed E-state index contributed by atoms with van der Waals surface area (Å²) in [5.74, 6) is 0. The maximum atomic E-state index is 12.3. The summed E-state index contributed by atoms with van der Waals surface area (Å²) in [5.41, 5.74) is 7.23. The fourth-order valence-electron chi connectivity index (χ4n) is 1.67. The first kappa shape index (κ1) is 13.9. The molecule has 0 amide bonds. The van der Waals surface area contributed by atoms with Gasteiger partial charge in [0.1, 0.15) is 0 Å². The Morgan fingerprint density at radius 2 is 1.79 bits per heavy atom. The molecular formula is C13H13BrN2O2S. The van der Waals surface area contributed by atoms with Crippen LogP contribution in [0.4, 0.5) is 11.4 Å². The second kappa shape index (κ2) is 5.22. The molecule has 0 spiro atoms. The number of benzene rings is 2. The third kappa shape index (κ3) is 2.90. The van der Waals surface area contributed by atoms with Crippen molar-refractivity contribution in [3.05, 3.63) is 52.5 Å². The highest BCUT2D eigenvalue weighted by molar-refractivity contribution is 9.10. The lowest BCUT2D eigenvalue weighted by Crippen LogP contribution is -2.15. The van der Waals surface area contributed by atoms with E-state index in [0.29, 0.717) is 21.4 Å². The Balaban J connectivity index is 2.44. The third-order valence-corrected chi connectivity index (χ3v) is 4.94. The quantitative estimate of drug-likeness (QED) is 0.843. The number of rotatable bonds is 3. The molecule has 2 rings (SSSR count). The van der Waals surface area contributed by atoms with Crippen LogP contribution in [0.25, 0.3) is 0 Å². The monoisotopic (exact) mass is 340 g/mol. The predicted molar refractivity (Wildman–Crippen MR) is 80.5 cm³/mol. The van der Waals surface area contributed by atoms with E-state index in [1.165, 1.54) is 6.07 Å². The summed E-state index contributed by atoms with van der Waals surface area (Å²) >= 11 is 3.30. The SMILES string of the molecule is Cc1c(N)cccc1S(=O)(=O)Nc1ccccc1Br. The van der Waals surface area contributed by atoms with E-state index in [-0.39, 0.29) is 4.90 Å². The fourth-order valence-corrected chi connectivity index (χ4v) is 3.54. The maximum Gasteiger partial charge on any atom is 0.262 e. The van der Waals surface area contributed by atoms with E-state index in [9.17, 15) is 8.42 Å². The number of nitrogen functional groups attached to an aromatic ring is 1. The lowest BCUT2D eigenvalue weighted by atomic mass is 10.2. The van der Waals surface area contributed by atoms with Crippen molar-refractivity contribution in [3.8, 4) is 0 Å². The zero-order valence-corrected chi connectivity index (χ0v) is 12.6.